The van der Waals surface area contributed by atoms with E-state index >= 15 is 0 Å². The molecule has 1 rings (SSSR count). The van der Waals surface area contributed by atoms with Gasteiger partial charge in [-0.3, -0.25) is 4.57 Å². The van der Waals surface area contributed by atoms with E-state index in [2.05, 4.69) is 0 Å². The average molecular weight is 259 g/mol. The molecular weight excluding hydrogens is 243 g/mol. The van der Waals surface area contributed by atoms with Crippen molar-refractivity contribution in [3.63, 3.8) is 0 Å². The van der Waals surface area contributed by atoms with E-state index in [9.17, 15) is 4.57 Å². The second kappa shape index (κ2) is 6.24. The van der Waals surface area contributed by atoms with Crippen molar-refractivity contribution in [1.29, 1.82) is 0 Å². The molecule has 0 radical (unpaired) electrons. The lowest BCUT2D eigenvalue weighted by Crippen LogP contribution is -2.05. The summed E-state index contributed by atoms with van der Waals surface area (Å²) in [6.07, 6.45) is 1.70. The van der Waals surface area contributed by atoms with Crippen LogP contribution in [0.15, 0.2) is 42.2 Å². The van der Waals surface area contributed by atoms with Crippen molar-refractivity contribution in [2.24, 2.45) is 0 Å². The fourth-order valence-corrected chi connectivity index (χ4v) is 3.30. The first-order valence-corrected chi connectivity index (χ1v) is 7.35. The topological polar surface area (TPSA) is 26.3 Å². The molecule has 2 atom stereocenters. The zero-order valence-corrected chi connectivity index (χ0v) is 11.1. The fourth-order valence-electron chi connectivity index (χ4n) is 1.26. The summed E-state index contributed by atoms with van der Waals surface area (Å²) in [6, 6.07) is 9.19. The Bertz CT molecular complexity index is 387. The molecule has 1 aromatic rings. The van der Waals surface area contributed by atoms with Crippen LogP contribution in [0.5, 0.6) is 0 Å². The fraction of sp³-hybridized carbons (Fsp3) is 0.333. The van der Waals surface area contributed by atoms with Gasteiger partial charge >= 0.3 is 0 Å². The van der Waals surface area contributed by atoms with Crippen LogP contribution in [0.25, 0.3) is 0 Å². The normalized spacial score (nSPS) is 17.2. The van der Waals surface area contributed by atoms with E-state index in [4.69, 9.17) is 16.1 Å². The molecule has 88 valence electrons. The van der Waals surface area contributed by atoms with Gasteiger partial charge in [-0.05, 0) is 26.0 Å². The minimum absolute atomic E-state index is 0.155. The van der Waals surface area contributed by atoms with Gasteiger partial charge in [-0.25, -0.2) is 0 Å². The summed E-state index contributed by atoms with van der Waals surface area (Å²) in [5.74, 6) is 1.59. The van der Waals surface area contributed by atoms with Crippen LogP contribution in [0.4, 0.5) is 0 Å². The molecule has 0 heterocycles. The quantitative estimate of drug-likeness (QED) is 0.594. The molecule has 0 aliphatic carbocycles. The molecule has 0 aliphatic heterocycles. The lowest BCUT2D eigenvalue weighted by Gasteiger charge is -2.14. The maximum Gasteiger partial charge on any atom is 0.253 e. The summed E-state index contributed by atoms with van der Waals surface area (Å²) >= 11 is 5.81. The van der Waals surface area contributed by atoms with Crippen LogP contribution in [0.1, 0.15) is 13.8 Å². The molecule has 0 amide bonds. The third kappa shape index (κ3) is 3.79. The molecule has 16 heavy (non-hydrogen) atoms. The van der Waals surface area contributed by atoms with Gasteiger partial charge in [0.2, 0.25) is 0 Å². The average Bonchev–Trinajstić information content (AvgIpc) is 2.28. The number of allylic oxidation sites excluding steroid dienone is 1. The number of rotatable bonds is 5. The molecule has 0 spiro atoms. The summed E-state index contributed by atoms with van der Waals surface area (Å²) in [5, 5.41) is 0.544. The molecule has 0 fully saturated rings. The second-order valence-electron chi connectivity index (χ2n) is 3.37. The Labute approximate surface area is 102 Å². The summed E-state index contributed by atoms with van der Waals surface area (Å²) in [7, 11) is -2.89. The number of alkyl halides is 1. The third-order valence-corrected chi connectivity index (χ3v) is 4.35. The predicted molar refractivity (Wildman–Crippen MR) is 69.8 cm³/mol. The van der Waals surface area contributed by atoms with Crippen molar-refractivity contribution >= 4 is 24.3 Å². The smallest absolute Gasteiger partial charge is 0.253 e. The molecular formula is C12H16ClO2P. The summed E-state index contributed by atoms with van der Waals surface area (Å²) in [5.41, 5.74) is 0. The monoisotopic (exact) mass is 258 g/mol. The Hall–Kier alpha value is -0.560. The van der Waals surface area contributed by atoms with Crippen LogP contribution in [-0.4, -0.2) is 12.0 Å². The molecule has 0 bridgehead atoms. The highest BCUT2D eigenvalue weighted by Gasteiger charge is 2.21. The van der Waals surface area contributed by atoms with Gasteiger partial charge in [-0.2, -0.15) is 0 Å². The van der Waals surface area contributed by atoms with Gasteiger partial charge < -0.3 is 4.52 Å². The van der Waals surface area contributed by atoms with Crippen molar-refractivity contribution < 1.29 is 9.09 Å². The Balaban J connectivity index is 3.02. The van der Waals surface area contributed by atoms with Gasteiger partial charge in [0, 0.05) is 16.5 Å². The van der Waals surface area contributed by atoms with E-state index in [1.54, 1.807) is 24.0 Å². The van der Waals surface area contributed by atoms with Gasteiger partial charge in [-0.15, -0.1) is 11.6 Å². The van der Waals surface area contributed by atoms with E-state index in [0.717, 1.165) is 0 Å². The first kappa shape index (κ1) is 13.5. The molecule has 1 aromatic carbocycles. The molecule has 4 heteroatoms. The largest absolute Gasteiger partial charge is 0.323 e. The Morgan fingerprint density at radius 2 is 2.06 bits per heavy atom. The maximum absolute atomic E-state index is 12.6. The zero-order valence-electron chi connectivity index (χ0n) is 9.47. The molecule has 2 unspecified atom stereocenters. The lowest BCUT2D eigenvalue weighted by molar-refractivity contribution is 0.347. The molecule has 0 saturated carbocycles. The minimum Gasteiger partial charge on any atom is -0.323 e. The molecule has 0 N–H and O–H groups in total. The number of benzene rings is 1. The van der Waals surface area contributed by atoms with Crippen LogP contribution >= 0.6 is 19.0 Å². The first-order chi connectivity index (χ1) is 7.58. The summed E-state index contributed by atoms with van der Waals surface area (Å²) in [4.78, 5) is 0. The van der Waals surface area contributed by atoms with E-state index in [0.29, 0.717) is 11.9 Å². The maximum atomic E-state index is 12.6. The standard InChI is InChI=1S/C12H16ClO2P/c1-3-15-16(14,10-9-11(2)13)12-7-5-4-6-8-12/h4-11H,3H2,1-2H3/b10-9+. The van der Waals surface area contributed by atoms with Crippen molar-refractivity contribution in [3.05, 3.63) is 42.2 Å². The van der Waals surface area contributed by atoms with Crippen molar-refractivity contribution in [1.82, 2.24) is 0 Å². The van der Waals surface area contributed by atoms with Gasteiger partial charge in [0.15, 0.2) is 0 Å². The van der Waals surface area contributed by atoms with Gasteiger partial charge in [-0.1, -0.05) is 24.3 Å². The van der Waals surface area contributed by atoms with Crippen molar-refractivity contribution in [2.75, 3.05) is 6.61 Å². The molecule has 2 nitrogen and oxygen atoms in total. The number of hydrogen-bond donors (Lipinski definition) is 0. The van der Waals surface area contributed by atoms with Gasteiger partial charge in [0.25, 0.3) is 7.37 Å². The summed E-state index contributed by atoms with van der Waals surface area (Å²) < 4.78 is 17.9. The lowest BCUT2D eigenvalue weighted by atomic mass is 10.4. The Morgan fingerprint density at radius 3 is 2.56 bits per heavy atom. The predicted octanol–water partition coefficient (Wildman–Crippen LogP) is 3.77. The first-order valence-electron chi connectivity index (χ1n) is 5.22. The molecule has 0 aliphatic rings. The van der Waals surface area contributed by atoms with Gasteiger partial charge in [0.1, 0.15) is 0 Å². The second-order valence-corrected chi connectivity index (χ2v) is 6.32. The highest BCUT2D eigenvalue weighted by atomic mass is 35.5. The van der Waals surface area contributed by atoms with Crippen molar-refractivity contribution in [2.45, 2.75) is 19.2 Å². The molecule has 0 saturated heterocycles. The van der Waals surface area contributed by atoms with Crippen molar-refractivity contribution in [3.8, 4) is 0 Å². The van der Waals surface area contributed by atoms with Crippen LogP contribution in [0.2, 0.25) is 0 Å². The van der Waals surface area contributed by atoms with Crippen LogP contribution in [-0.2, 0) is 9.09 Å². The van der Waals surface area contributed by atoms with E-state index in [-0.39, 0.29) is 5.38 Å². The Kier molecular flexibility index (Phi) is 5.27. The Morgan fingerprint density at radius 1 is 1.44 bits per heavy atom. The highest BCUT2D eigenvalue weighted by Crippen LogP contribution is 2.47. The number of halogens is 1. The van der Waals surface area contributed by atoms with E-state index in [1.807, 2.05) is 32.0 Å². The van der Waals surface area contributed by atoms with Gasteiger partial charge in [0.05, 0.1) is 6.61 Å². The number of hydrogen-bond acceptors (Lipinski definition) is 2. The minimum atomic E-state index is -2.89. The summed E-state index contributed by atoms with van der Waals surface area (Å²) in [6.45, 7) is 4.06. The SMILES string of the molecule is CCOP(=O)(/C=C/C(C)Cl)c1ccccc1. The van der Waals surface area contributed by atoms with Crippen LogP contribution < -0.4 is 5.30 Å². The highest BCUT2D eigenvalue weighted by molar-refractivity contribution is 7.70. The van der Waals surface area contributed by atoms with E-state index in [1.165, 1.54) is 0 Å². The van der Waals surface area contributed by atoms with Crippen LogP contribution in [0, 0.1) is 0 Å². The van der Waals surface area contributed by atoms with Crippen LogP contribution in [0.3, 0.4) is 0 Å². The molecule has 0 aromatic heterocycles. The van der Waals surface area contributed by atoms with E-state index < -0.39 is 7.37 Å². The third-order valence-electron chi connectivity index (χ3n) is 1.98. The zero-order chi connectivity index (χ0) is 12.0.